The summed E-state index contributed by atoms with van der Waals surface area (Å²) in [5, 5.41) is 10.2. The number of anilines is 1. The van der Waals surface area contributed by atoms with Crippen molar-refractivity contribution in [1.29, 1.82) is 0 Å². The summed E-state index contributed by atoms with van der Waals surface area (Å²) in [5.41, 5.74) is 5.17. The Kier molecular flexibility index (Phi) is 13.6. The topological polar surface area (TPSA) is 98.7 Å². The summed E-state index contributed by atoms with van der Waals surface area (Å²) in [5.74, 6) is 0.941. The largest absolute Gasteiger partial charge is 0.390 e. The highest BCUT2D eigenvalue weighted by molar-refractivity contribution is 6.39. The average molecular weight is 473 g/mol. The molecule has 8 nitrogen and oxygen atoms in total. The van der Waals surface area contributed by atoms with Crippen LogP contribution in [0.25, 0.3) is 0 Å². The zero-order valence-electron chi connectivity index (χ0n) is 20.4. The van der Waals surface area contributed by atoms with E-state index in [2.05, 4.69) is 44.2 Å². The first-order valence-electron chi connectivity index (χ1n) is 11.3. The van der Waals surface area contributed by atoms with Crippen LogP contribution in [0.15, 0.2) is 66.2 Å². The number of hydrazone groups is 1. The molecule has 0 radical (unpaired) electrons. The second-order valence-corrected chi connectivity index (χ2v) is 7.92. The second-order valence-electron chi connectivity index (χ2n) is 7.92. The summed E-state index contributed by atoms with van der Waals surface area (Å²) in [6, 6.07) is 6.13. The van der Waals surface area contributed by atoms with Crippen LogP contribution in [-0.4, -0.2) is 55.7 Å². The minimum absolute atomic E-state index is 0.0278. The molecule has 0 bridgehead atoms. The van der Waals surface area contributed by atoms with E-state index in [0.717, 1.165) is 49.3 Å². The van der Waals surface area contributed by atoms with Gasteiger partial charge >= 0.3 is 0 Å². The van der Waals surface area contributed by atoms with Gasteiger partial charge in [0.05, 0.1) is 0 Å². The van der Waals surface area contributed by atoms with Crippen LogP contribution in [-0.2, 0) is 9.59 Å². The molecule has 34 heavy (non-hydrogen) atoms. The van der Waals surface area contributed by atoms with Gasteiger partial charge in [0.15, 0.2) is 0 Å². The number of hydrogen-bond donors (Lipinski definition) is 3. The van der Waals surface area contributed by atoms with Crippen LogP contribution < -0.4 is 21.0 Å². The maximum atomic E-state index is 12.3. The number of carbonyl (C=O) groups excluding carboxylic acids is 2. The molecule has 1 saturated heterocycles. The molecule has 3 heterocycles. The van der Waals surface area contributed by atoms with Gasteiger partial charge in [-0.05, 0) is 31.9 Å². The lowest BCUT2D eigenvalue weighted by atomic mass is 10.0. The Morgan fingerprint density at radius 2 is 2.06 bits per heavy atom. The monoisotopic (exact) mass is 472 g/mol. The number of aromatic nitrogens is 1. The van der Waals surface area contributed by atoms with Gasteiger partial charge in [0.2, 0.25) is 0 Å². The summed E-state index contributed by atoms with van der Waals surface area (Å²) < 4.78 is 10.6. The van der Waals surface area contributed by atoms with E-state index in [9.17, 15) is 14.0 Å². The number of pyridine rings is 1. The molecule has 1 atom stereocenters. The molecule has 3 N–H and O–H groups in total. The highest BCUT2D eigenvalue weighted by atomic mass is 19.1. The average Bonchev–Trinajstić information content (AvgIpc) is 2.89. The summed E-state index contributed by atoms with van der Waals surface area (Å²) >= 11 is 0. The van der Waals surface area contributed by atoms with Crippen LogP contribution in [0.5, 0.6) is 0 Å². The predicted octanol–water partition coefficient (Wildman–Crippen LogP) is 3.12. The molecule has 1 aromatic rings. The van der Waals surface area contributed by atoms with Gasteiger partial charge in [-0.1, -0.05) is 31.2 Å². The minimum atomic E-state index is -0.417. The van der Waals surface area contributed by atoms with E-state index in [4.69, 9.17) is 0 Å². The summed E-state index contributed by atoms with van der Waals surface area (Å²) in [6.45, 7) is 11.8. The molecule has 1 fully saturated rings. The number of amides is 1. The van der Waals surface area contributed by atoms with Crippen molar-refractivity contribution in [3.05, 3.63) is 61.1 Å². The highest BCUT2D eigenvalue weighted by Gasteiger charge is 2.24. The zero-order chi connectivity index (χ0) is 25.3. The van der Waals surface area contributed by atoms with E-state index >= 15 is 0 Å². The number of allylic oxidation sites excluding steroid dienone is 3. The maximum absolute atomic E-state index is 12.3. The molecule has 2 aliphatic heterocycles. The third kappa shape index (κ3) is 10.4. The van der Waals surface area contributed by atoms with Gasteiger partial charge in [-0.25, -0.2) is 9.37 Å². The number of hydrogen-bond acceptors (Lipinski definition) is 7. The Hall–Kier alpha value is -3.49. The molecule has 0 spiro atoms. The number of halogens is 1. The lowest BCUT2D eigenvalue weighted by Crippen LogP contribution is -2.47. The van der Waals surface area contributed by atoms with Crippen molar-refractivity contribution in [3.63, 3.8) is 0 Å². The number of rotatable bonds is 7. The number of aldehydes is 1. The molecule has 2 aliphatic rings. The number of piperidine rings is 1. The van der Waals surface area contributed by atoms with Crippen molar-refractivity contribution < 1.29 is 14.0 Å². The summed E-state index contributed by atoms with van der Waals surface area (Å²) in [7, 11) is 1.84. The molecule has 1 amide bonds. The third-order valence-electron chi connectivity index (χ3n) is 5.27. The van der Waals surface area contributed by atoms with Crippen molar-refractivity contribution in [3.8, 4) is 0 Å². The lowest BCUT2D eigenvalue weighted by molar-refractivity contribution is -0.115. The van der Waals surface area contributed by atoms with E-state index in [1.807, 2.05) is 45.3 Å². The van der Waals surface area contributed by atoms with E-state index in [-0.39, 0.29) is 17.9 Å². The number of nitrogens with zero attached hydrogens (tertiary/aromatic N) is 3. The number of alkyl halides is 1. The normalized spacial score (nSPS) is 15.9. The number of carbonyl (C=O) groups is 2. The molecule has 9 heteroatoms. The van der Waals surface area contributed by atoms with Gasteiger partial charge in [0, 0.05) is 56.6 Å². The molecular formula is C25H37FN6O2. The Balaban J connectivity index is 0.000000441. The van der Waals surface area contributed by atoms with Crippen molar-refractivity contribution in [2.24, 2.45) is 11.0 Å². The van der Waals surface area contributed by atoms with Crippen molar-refractivity contribution in [2.75, 3.05) is 31.7 Å². The molecule has 186 valence electrons. The van der Waals surface area contributed by atoms with Crippen molar-refractivity contribution >= 4 is 23.7 Å². The van der Waals surface area contributed by atoms with Crippen LogP contribution in [0.1, 0.15) is 33.1 Å². The molecule has 0 aromatic carbocycles. The van der Waals surface area contributed by atoms with Gasteiger partial charge in [0.25, 0.3) is 5.91 Å². The molecular weight excluding hydrogens is 435 g/mol. The van der Waals surface area contributed by atoms with Gasteiger partial charge in [-0.15, -0.1) is 6.58 Å². The fraction of sp³-hybridized carbons (Fsp3) is 0.440. The smallest absolute Gasteiger partial charge is 0.268 e. The SMILES string of the molecule is C=C(C)C(C)C=O.C=CCF.CNC1=CNN=C(C(=O)NC2CCN(c3ccccn3)CC2)C1. The Bertz CT molecular complexity index is 848. The quantitative estimate of drug-likeness (QED) is 0.417. The molecule has 0 saturated carbocycles. The first-order chi connectivity index (χ1) is 16.4. The van der Waals surface area contributed by atoms with Crippen LogP contribution in [0, 0.1) is 5.92 Å². The third-order valence-corrected chi connectivity index (χ3v) is 5.27. The minimum Gasteiger partial charge on any atom is -0.390 e. The van der Waals surface area contributed by atoms with Crippen LogP contribution >= 0.6 is 0 Å². The molecule has 1 aromatic heterocycles. The lowest BCUT2D eigenvalue weighted by Gasteiger charge is -2.33. The Morgan fingerprint density at radius 3 is 2.53 bits per heavy atom. The first kappa shape index (κ1) is 28.5. The molecule has 0 aliphatic carbocycles. The summed E-state index contributed by atoms with van der Waals surface area (Å²) in [4.78, 5) is 28.8. The van der Waals surface area contributed by atoms with E-state index in [1.165, 1.54) is 6.08 Å². The fourth-order valence-electron chi connectivity index (χ4n) is 2.93. The van der Waals surface area contributed by atoms with E-state index in [0.29, 0.717) is 12.1 Å². The van der Waals surface area contributed by atoms with Crippen LogP contribution in [0.2, 0.25) is 0 Å². The Morgan fingerprint density at radius 1 is 1.38 bits per heavy atom. The fourth-order valence-corrected chi connectivity index (χ4v) is 2.93. The van der Waals surface area contributed by atoms with Crippen molar-refractivity contribution in [2.45, 2.75) is 39.2 Å². The maximum Gasteiger partial charge on any atom is 0.268 e. The highest BCUT2D eigenvalue weighted by Crippen LogP contribution is 2.17. The first-order valence-corrected chi connectivity index (χ1v) is 11.3. The zero-order valence-corrected chi connectivity index (χ0v) is 20.4. The van der Waals surface area contributed by atoms with E-state index in [1.54, 1.807) is 6.20 Å². The standard InChI is InChI=1S/C16H22N6O.C6H10O.C3H5F/c1-17-13-10-14(21-19-11-13)16(23)20-12-5-8-22(9-6-12)15-4-2-3-7-18-15;1-5(2)6(3)4-7;1-2-3-4/h2-4,7,11-12,17,19H,5-6,8-10H2,1H3,(H,20,23);4,6H,1H2,2-3H3;2H,1,3H2. The predicted molar refractivity (Wildman–Crippen MR) is 136 cm³/mol. The second kappa shape index (κ2) is 16.2. The molecule has 1 unspecified atom stereocenters. The van der Waals surface area contributed by atoms with Gasteiger partial charge in [0.1, 0.15) is 24.5 Å². The summed E-state index contributed by atoms with van der Waals surface area (Å²) in [6.07, 6.45) is 8.03. The van der Waals surface area contributed by atoms with Crippen LogP contribution in [0.4, 0.5) is 10.2 Å². The van der Waals surface area contributed by atoms with Gasteiger partial charge in [-0.2, -0.15) is 5.10 Å². The number of nitrogens with one attached hydrogen (secondary N) is 3. The van der Waals surface area contributed by atoms with Crippen molar-refractivity contribution in [1.82, 2.24) is 21.0 Å². The van der Waals surface area contributed by atoms with E-state index < -0.39 is 6.67 Å². The van der Waals surface area contributed by atoms with Gasteiger partial charge < -0.3 is 20.3 Å². The Labute approximate surface area is 202 Å². The van der Waals surface area contributed by atoms with Gasteiger partial charge in [-0.3, -0.25) is 10.2 Å². The van der Waals surface area contributed by atoms with Crippen LogP contribution in [0.3, 0.4) is 0 Å². The molecule has 3 rings (SSSR count).